The molecule has 0 spiro atoms. The first-order valence-electron chi connectivity index (χ1n) is 4.20. The lowest BCUT2D eigenvalue weighted by molar-refractivity contribution is -0.125. The Balaban J connectivity index is 2.95. The molecule has 0 bridgehead atoms. The Labute approximate surface area is 85.8 Å². The zero-order valence-electron chi connectivity index (χ0n) is 7.93. The van der Waals surface area contributed by atoms with Crippen molar-refractivity contribution in [2.45, 2.75) is 37.7 Å². The van der Waals surface area contributed by atoms with Crippen molar-refractivity contribution in [3.8, 4) is 0 Å². The van der Waals surface area contributed by atoms with Gasteiger partial charge in [-0.2, -0.15) is 0 Å². The average Bonchev–Trinajstić information content (AvgIpc) is 2.21. The minimum atomic E-state index is -0.749. The van der Waals surface area contributed by atoms with Gasteiger partial charge in [-0.05, 0) is 20.3 Å². The minimum absolute atomic E-state index is 0.0889. The first kappa shape index (κ1) is 10.5. The maximum atomic E-state index is 11.4. The van der Waals surface area contributed by atoms with Crippen molar-refractivity contribution in [1.82, 2.24) is 10.2 Å². The van der Waals surface area contributed by atoms with Crippen LogP contribution in [-0.4, -0.2) is 27.3 Å². The summed E-state index contributed by atoms with van der Waals surface area (Å²) in [5, 5.41) is 2.29. The largest absolute Gasteiger partial charge is 0.325 e. The molecule has 4 nitrogen and oxygen atoms in total. The second-order valence-electron chi connectivity index (χ2n) is 3.53. The lowest BCUT2D eigenvalue weighted by Gasteiger charge is -2.31. The van der Waals surface area contributed by atoms with Gasteiger partial charge in [0, 0.05) is 0 Å². The van der Waals surface area contributed by atoms with Crippen LogP contribution in [0.4, 0.5) is 4.79 Å². The number of hydrogen-bond acceptors (Lipinski definition) is 2. The molecule has 0 radical (unpaired) electrons. The van der Waals surface area contributed by atoms with E-state index >= 15 is 0 Å². The van der Waals surface area contributed by atoms with Crippen LogP contribution >= 0.6 is 15.9 Å². The van der Waals surface area contributed by atoms with E-state index < -0.39 is 5.54 Å². The highest BCUT2D eigenvalue weighted by Gasteiger charge is 2.47. The van der Waals surface area contributed by atoms with E-state index in [0.717, 1.165) is 6.42 Å². The third-order valence-electron chi connectivity index (χ3n) is 2.21. The lowest BCUT2D eigenvalue weighted by Crippen LogP contribution is -2.47. The molecule has 0 saturated carbocycles. The monoisotopic (exact) mass is 248 g/mol. The highest BCUT2D eigenvalue weighted by atomic mass is 79.9. The molecule has 1 fully saturated rings. The Bertz CT molecular complexity index is 253. The second kappa shape index (κ2) is 3.29. The van der Waals surface area contributed by atoms with Crippen molar-refractivity contribution < 1.29 is 9.59 Å². The predicted octanol–water partition coefficient (Wildman–Crippen LogP) is 1.45. The van der Waals surface area contributed by atoms with Gasteiger partial charge in [0.25, 0.3) is 5.91 Å². The van der Waals surface area contributed by atoms with Crippen LogP contribution in [0.3, 0.4) is 0 Å². The molecule has 1 rings (SSSR count). The molecule has 1 aliphatic rings. The summed E-state index contributed by atoms with van der Waals surface area (Å²) in [5.74, 6) is -0.240. The Morgan fingerprint density at radius 2 is 2.08 bits per heavy atom. The summed E-state index contributed by atoms with van der Waals surface area (Å²) < 4.78 is 0. The zero-order valence-corrected chi connectivity index (χ0v) is 9.51. The highest BCUT2D eigenvalue weighted by Crippen LogP contribution is 2.27. The maximum Gasteiger partial charge on any atom is 0.325 e. The van der Waals surface area contributed by atoms with Gasteiger partial charge in [-0.3, -0.25) is 15.0 Å². The van der Waals surface area contributed by atoms with Gasteiger partial charge in [0.1, 0.15) is 5.54 Å². The topological polar surface area (TPSA) is 49.4 Å². The van der Waals surface area contributed by atoms with E-state index in [1.807, 2.05) is 6.92 Å². The summed E-state index contributed by atoms with van der Waals surface area (Å²) in [6, 6.07) is -0.321. The number of nitrogens with zero attached hydrogens (tertiary/aromatic N) is 1. The molecule has 0 aromatic heterocycles. The van der Waals surface area contributed by atoms with E-state index in [-0.39, 0.29) is 16.9 Å². The third-order valence-corrected chi connectivity index (χ3v) is 3.27. The molecule has 13 heavy (non-hydrogen) atoms. The molecule has 1 heterocycles. The van der Waals surface area contributed by atoms with Crippen molar-refractivity contribution >= 4 is 27.9 Å². The van der Waals surface area contributed by atoms with Crippen molar-refractivity contribution in [3.05, 3.63) is 0 Å². The van der Waals surface area contributed by atoms with Gasteiger partial charge in [0.05, 0.1) is 4.95 Å². The molecular weight excluding hydrogens is 236 g/mol. The van der Waals surface area contributed by atoms with Crippen LogP contribution in [0, 0.1) is 0 Å². The molecule has 1 N–H and O–H groups in total. The van der Waals surface area contributed by atoms with Crippen LogP contribution in [-0.2, 0) is 4.79 Å². The van der Waals surface area contributed by atoms with Crippen LogP contribution in [0.15, 0.2) is 0 Å². The molecule has 1 atom stereocenters. The van der Waals surface area contributed by atoms with Crippen molar-refractivity contribution in [2.24, 2.45) is 0 Å². The number of nitrogens with one attached hydrogen (secondary N) is 1. The number of hydrogen-bond donors (Lipinski definition) is 1. The van der Waals surface area contributed by atoms with Crippen molar-refractivity contribution in [1.29, 1.82) is 0 Å². The van der Waals surface area contributed by atoms with Gasteiger partial charge >= 0.3 is 6.03 Å². The van der Waals surface area contributed by atoms with Crippen LogP contribution in [0.1, 0.15) is 27.2 Å². The Morgan fingerprint density at radius 3 is 2.38 bits per heavy atom. The van der Waals surface area contributed by atoms with Crippen LogP contribution in [0.25, 0.3) is 0 Å². The van der Waals surface area contributed by atoms with Gasteiger partial charge in [0.2, 0.25) is 0 Å². The smallest absolute Gasteiger partial charge is 0.298 e. The Morgan fingerprint density at radius 1 is 1.54 bits per heavy atom. The van der Waals surface area contributed by atoms with Crippen molar-refractivity contribution in [2.75, 3.05) is 0 Å². The van der Waals surface area contributed by atoms with Gasteiger partial charge in [0.15, 0.2) is 0 Å². The summed E-state index contributed by atoms with van der Waals surface area (Å²) >= 11 is 3.36. The molecule has 3 amide bonds. The van der Waals surface area contributed by atoms with E-state index in [2.05, 4.69) is 21.2 Å². The predicted molar refractivity (Wildman–Crippen MR) is 52.5 cm³/mol. The Hall–Kier alpha value is -0.580. The lowest BCUT2D eigenvalue weighted by atomic mass is 10.0. The molecule has 1 unspecified atom stereocenters. The van der Waals surface area contributed by atoms with Gasteiger partial charge in [-0.1, -0.05) is 22.9 Å². The number of imide groups is 1. The van der Waals surface area contributed by atoms with E-state index in [9.17, 15) is 9.59 Å². The highest BCUT2D eigenvalue weighted by molar-refractivity contribution is 9.09. The maximum absolute atomic E-state index is 11.4. The number of halogens is 1. The van der Waals surface area contributed by atoms with Gasteiger partial charge < -0.3 is 0 Å². The van der Waals surface area contributed by atoms with E-state index in [0.29, 0.717) is 0 Å². The van der Waals surface area contributed by atoms with Gasteiger partial charge in [-0.25, -0.2) is 4.79 Å². The normalized spacial score (nSPS) is 23.2. The molecule has 0 aromatic rings. The number of carbonyl (C=O) groups is 2. The SMILES string of the molecule is CCC(Br)N1C(=O)NC(=O)C1(C)C. The molecule has 74 valence electrons. The van der Waals surface area contributed by atoms with E-state index in [1.165, 1.54) is 4.90 Å². The minimum Gasteiger partial charge on any atom is -0.298 e. The quantitative estimate of drug-likeness (QED) is 0.457. The molecule has 1 saturated heterocycles. The fourth-order valence-electron chi connectivity index (χ4n) is 1.33. The molecule has 0 aromatic carbocycles. The van der Waals surface area contributed by atoms with Gasteiger partial charge in [-0.15, -0.1) is 0 Å². The molecule has 0 aliphatic carbocycles. The molecule has 1 aliphatic heterocycles. The summed E-state index contributed by atoms with van der Waals surface area (Å²) in [7, 11) is 0. The number of carbonyl (C=O) groups excluding carboxylic acids is 2. The zero-order chi connectivity index (χ0) is 10.2. The first-order chi connectivity index (χ1) is 5.91. The fraction of sp³-hybridized carbons (Fsp3) is 0.750. The Kier molecular flexibility index (Phi) is 2.66. The molecule has 5 heteroatoms. The summed E-state index contributed by atoms with van der Waals surface area (Å²) in [6.45, 7) is 5.42. The summed E-state index contributed by atoms with van der Waals surface area (Å²) in [4.78, 5) is 24.1. The van der Waals surface area contributed by atoms with Crippen molar-refractivity contribution in [3.63, 3.8) is 0 Å². The fourth-order valence-corrected chi connectivity index (χ4v) is 2.03. The summed E-state index contributed by atoms with van der Waals surface area (Å²) in [5.41, 5.74) is -0.749. The molecular formula is C8H13BrN2O2. The van der Waals surface area contributed by atoms with E-state index in [4.69, 9.17) is 0 Å². The van der Waals surface area contributed by atoms with E-state index in [1.54, 1.807) is 13.8 Å². The second-order valence-corrected chi connectivity index (χ2v) is 4.59. The summed E-state index contributed by atoms with van der Waals surface area (Å²) in [6.07, 6.45) is 0.768. The number of urea groups is 1. The van der Waals surface area contributed by atoms with Crippen LogP contribution in [0.5, 0.6) is 0 Å². The number of alkyl halides is 1. The third kappa shape index (κ3) is 1.57. The first-order valence-corrected chi connectivity index (χ1v) is 5.11. The number of rotatable bonds is 2. The average molecular weight is 249 g/mol. The standard InChI is InChI=1S/C8H13BrN2O2/c1-4-5(9)11-7(13)10-6(12)8(11,2)3/h5H,4H2,1-3H3,(H,10,12,13). The van der Waals surface area contributed by atoms with Crippen LogP contribution < -0.4 is 5.32 Å². The van der Waals surface area contributed by atoms with Crippen LogP contribution in [0.2, 0.25) is 0 Å². The number of amides is 3.